The van der Waals surface area contributed by atoms with Crippen molar-refractivity contribution < 1.29 is 17.2 Å². The SMILES string of the molecule is O=S(=O)(C(Br)(Br)Cc1ccc(F)cc1)C(Br)(Br)Cc1ccc(F)cc1. The van der Waals surface area contributed by atoms with Crippen molar-refractivity contribution in [3.63, 3.8) is 0 Å². The van der Waals surface area contributed by atoms with Gasteiger partial charge in [-0.2, -0.15) is 0 Å². The molecule has 0 radical (unpaired) electrons. The number of hydrogen-bond acceptors (Lipinski definition) is 2. The predicted octanol–water partition coefficient (Wildman–Crippen LogP) is 6.05. The van der Waals surface area contributed by atoms with Gasteiger partial charge in [-0.3, -0.25) is 0 Å². The highest BCUT2D eigenvalue weighted by atomic mass is 79.9. The van der Waals surface area contributed by atoms with Crippen LogP contribution in [-0.4, -0.2) is 13.5 Å². The summed E-state index contributed by atoms with van der Waals surface area (Å²) >= 11 is 12.9. The van der Waals surface area contributed by atoms with Gasteiger partial charge >= 0.3 is 0 Å². The van der Waals surface area contributed by atoms with Gasteiger partial charge in [0.1, 0.15) is 11.6 Å². The average molecular weight is 626 g/mol. The smallest absolute Gasteiger partial charge is 0.202 e. The molecule has 0 N–H and O–H groups in total. The van der Waals surface area contributed by atoms with Gasteiger partial charge in [0.25, 0.3) is 0 Å². The minimum absolute atomic E-state index is 0.0674. The summed E-state index contributed by atoms with van der Waals surface area (Å²) in [5.41, 5.74) is 1.27. The number of sulfone groups is 1. The van der Waals surface area contributed by atoms with Crippen LogP contribution in [0.4, 0.5) is 8.78 Å². The number of alkyl halides is 4. The van der Waals surface area contributed by atoms with Crippen molar-refractivity contribution in [1.82, 2.24) is 0 Å². The molecule has 2 aromatic rings. The molecule has 0 unspecified atom stereocenters. The standard InChI is InChI=1S/C16H12Br4F2O2S/c17-15(18,9-11-1-5-13(21)6-2-11)25(23,24)16(19,20)10-12-3-7-14(22)8-4-12/h1-8H,9-10H2. The Kier molecular flexibility index (Phi) is 6.91. The Morgan fingerprint density at radius 3 is 1.24 bits per heavy atom. The molecule has 0 saturated carbocycles. The van der Waals surface area contributed by atoms with Gasteiger partial charge in [0, 0.05) is 12.8 Å². The van der Waals surface area contributed by atoms with Gasteiger partial charge in [0.05, 0.1) is 0 Å². The van der Waals surface area contributed by atoms with E-state index in [2.05, 4.69) is 63.7 Å². The predicted molar refractivity (Wildman–Crippen MR) is 110 cm³/mol. The van der Waals surface area contributed by atoms with E-state index in [0.29, 0.717) is 11.1 Å². The molecule has 0 aliphatic carbocycles. The number of rotatable bonds is 6. The summed E-state index contributed by atoms with van der Waals surface area (Å²) in [6.07, 6.45) is 0.135. The molecule has 0 aliphatic heterocycles. The summed E-state index contributed by atoms with van der Waals surface area (Å²) < 4.78 is 49.2. The normalized spacial score (nSPS) is 13.0. The van der Waals surface area contributed by atoms with E-state index in [1.54, 1.807) is 0 Å². The Balaban J connectivity index is 2.26. The molecule has 2 rings (SSSR count). The molecule has 0 fully saturated rings. The number of hydrogen-bond donors (Lipinski definition) is 0. The Morgan fingerprint density at radius 1 is 0.680 bits per heavy atom. The second kappa shape index (κ2) is 8.04. The van der Waals surface area contributed by atoms with Gasteiger partial charge in [-0.1, -0.05) is 88.0 Å². The Morgan fingerprint density at radius 2 is 0.960 bits per heavy atom. The first kappa shape index (κ1) is 21.5. The van der Waals surface area contributed by atoms with Gasteiger partial charge in [0.2, 0.25) is 9.84 Å². The topological polar surface area (TPSA) is 34.1 Å². The summed E-state index contributed by atoms with van der Waals surface area (Å²) in [5, 5.41) is 0. The van der Waals surface area contributed by atoms with Gasteiger partial charge in [-0.25, -0.2) is 17.2 Å². The van der Waals surface area contributed by atoms with E-state index in [-0.39, 0.29) is 12.8 Å². The minimum Gasteiger partial charge on any atom is -0.224 e. The Hall–Kier alpha value is 0.170. The zero-order valence-electron chi connectivity index (χ0n) is 12.5. The zero-order chi connectivity index (χ0) is 18.9. The molecule has 0 bridgehead atoms. The Bertz CT molecular complexity index is 770. The van der Waals surface area contributed by atoms with Crippen LogP contribution in [0, 0.1) is 11.6 Å². The van der Waals surface area contributed by atoms with Crippen LogP contribution in [0.5, 0.6) is 0 Å². The molecule has 0 heterocycles. The summed E-state index contributed by atoms with van der Waals surface area (Å²) in [6, 6.07) is 11.2. The third kappa shape index (κ3) is 5.12. The molecule has 0 amide bonds. The molecule has 2 nitrogen and oxygen atoms in total. The lowest BCUT2D eigenvalue weighted by atomic mass is 10.2. The van der Waals surface area contributed by atoms with Crippen LogP contribution in [0.2, 0.25) is 0 Å². The van der Waals surface area contributed by atoms with E-state index in [1.807, 2.05) is 0 Å². The van der Waals surface area contributed by atoms with Crippen molar-refractivity contribution in [3.05, 3.63) is 71.3 Å². The average Bonchev–Trinajstić information content (AvgIpc) is 2.51. The van der Waals surface area contributed by atoms with Crippen LogP contribution < -0.4 is 0 Å². The van der Waals surface area contributed by atoms with Gasteiger partial charge in [-0.05, 0) is 35.4 Å². The second-order valence-corrected chi connectivity index (χ2v) is 17.4. The van der Waals surface area contributed by atoms with E-state index in [0.717, 1.165) is 0 Å². The summed E-state index contributed by atoms with van der Waals surface area (Å²) in [7, 11) is -3.88. The quantitative estimate of drug-likeness (QED) is 0.367. The minimum atomic E-state index is -3.88. The molecule has 136 valence electrons. The monoisotopic (exact) mass is 622 g/mol. The lowest BCUT2D eigenvalue weighted by Gasteiger charge is -2.30. The Labute approximate surface area is 178 Å². The summed E-state index contributed by atoms with van der Waals surface area (Å²) in [4.78, 5) is 0. The molecular formula is C16H12Br4F2O2S. The maximum Gasteiger partial charge on any atom is 0.202 e. The van der Waals surface area contributed by atoms with Crippen molar-refractivity contribution >= 4 is 73.6 Å². The highest BCUT2D eigenvalue weighted by Crippen LogP contribution is 2.49. The highest BCUT2D eigenvalue weighted by molar-refractivity contribution is 9.31. The first-order valence-electron chi connectivity index (χ1n) is 6.93. The summed E-state index contributed by atoms with van der Waals surface area (Å²) in [6.45, 7) is 0. The van der Waals surface area contributed by atoms with Gasteiger partial charge in [0.15, 0.2) is 5.13 Å². The van der Waals surface area contributed by atoms with E-state index in [4.69, 9.17) is 0 Å². The van der Waals surface area contributed by atoms with Crippen molar-refractivity contribution in [2.75, 3.05) is 0 Å². The van der Waals surface area contributed by atoms with Crippen LogP contribution in [0.15, 0.2) is 48.5 Å². The van der Waals surface area contributed by atoms with Crippen molar-refractivity contribution in [3.8, 4) is 0 Å². The number of halogens is 6. The van der Waals surface area contributed by atoms with Gasteiger partial charge in [-0.15, -0.1) is 0 Å². The molecule has 25 heavy (non-hydrogen) atoms. The van der Waals surface area contributed by atoms with E-state index in [9.17, 15) is 17.2 Å². The molecule has 2 aromatic carbocycles. The molecule has 0 aromatic heterocycles. The fourth-order valence-corrected chi connectivity index (χ4v) is 10.5. The van der Waals surface area contributed by atoms with E-state index in [1.165, 1.54) is 48.5 Å². The third-order valence-electron chi connectivity index (χ3n) is 3.43. The molecular weight excluding hydrogens is 614 g/mol. The van der Waals surface area contributed by atoms with Crippen LogP contribution >= 0.6 is 63.7 Å². The second-order valence-electron chi connectivity index (χ2n) is 5.38. The van der Waals surface area contributed by atoms with E-state index >= 15 is 0 Å². The first-order valence-corrected chi connectivity index (χ1v) is 11.6. The largest absolute Gasteiger partial charge is 0.224 e. The van der Waals surface area contributed by atoms with Crippen molar-refractivity contribution in [1.29, 1.82) is 0 Å². The number of benzene rings is 2. The van der Waals surface area contributed by atoms with Crippen molar-refractivity contribution in [2.45, 2.75) is 18.0 Å². The maximum absolute atomic E-state index is 13.1. The third-order valence-corrected chi connectivity index (χ3v) is 11.5. The fourth-order valence-electron chi connectivity index (χ4n) is 2.09. The maximum atomic E-state index is 13.1. The fraction of sp³-hybridized carbons (Fsp3) is 0.250. The summed E-state index contributed by atoms with van der Waals surface area (Å²) in [5.74, 6) is -0.791. The van der Waals surface area contributed by atoms with Crippen LogP contribution in [0.1, 0.15) is 11.1 Å². The molecule has 0 saturated heterocycles. The van der Waals surface area contributed by atoms with Crippen LogP contribution in [-0.2, 0) is 22.7 Å². The lowest BCUT2D eigenvalue weighted by molar-refractivity contribution is 0.585. The zero-order valence-corrected chi connectivity index (χ0v) is 19.7. The molecule has 9 heteroatoms. The molecule has 0 aliphatic rings. The molecule has 0 spiro atoms. The van der Waals surface area contributed by atoms with E-state index < -0.39 is 26.6 Å². The van der Waals surface area contributed by atoms with Gasteiger partial charge < -0.3 is 0 Å². The van der Waals surface area contributed by atoms with Crippen LogP contribution in [0.25, 0.3) is 0 Å². The van der Waals surface area contributed by atoms with Crippen molar-refractivity contribution in [2.24, 2.45) is 0 Å². The highest BCUT2D eigenvalue weighted by Gasteiger charge is 2.51. The lowest BCUT2D eigenvalue weighted by Crippen LogP contribution is -2.40. The van der Waals surface area contributed by atoms with Crippen LogP contribution in [0.3, 0.4) is 0 Å². The first-order chi connectivity index (χ1) is 11.4. The molecule has 0 atom stereocenters.